The molecule has 1 fully saturated rings. The number of rotatable bonds is 2. The van der Waals surface area contributed by atoms with Crippen molar-refractivity contribution < 1.29 is 19.4 Å². The summed E-state index contributed by atoms with van der Waals surface area (Å²) < 4.78 is 4.45. The maximum Gasteiger partial charge on any atom is 0.333 e. The summed E-state index contributed by atoms with van der Waals surface area (Å²) in [6.07, 6.45) is 0. The zero-order valence-corrected chi connectivity index (χ0v) is 7.26. The molecule has 0 saturated carbocycles. The molecule has 2 unspecified atom stereocenters. The highest BCUT2D eigenvalue weighted by Gasteiger charge is 2.34. The van der Waals surface area contributed by atoms with E-state index in [1.165, 1.54) is 18.9 Å². The van der Waals surface area contributed by atoms with Crippen LogP contribution < -0.4 is 5.32 Å². The van der Waals surface area contributed by atoms with Gasteiger partial charge in [-0.1, -0.05) is 0 Å². The van der Waals surface area contributed by atoms with Gasteiger partial charge in [0.2, 0.25) is 0 Å². The van der Waals surface area contributed by atoms with Crippen molar-refractivity contribution in [1.29, 1.82) is 0 Å². The zero-order valence-electron chi connectivity index (χ0n) is 6.44. The SMILES string of the molecule is COC(=O)C1NC(C(=O)O)CS1. The monoisotopic (exact) mass is 191 g/mol. The van der Waals surface area contributed by atoms with Crippen molar-refractivity contribution in [2.45, 2.75) is 11.4 Å². The highest BCUT2D eigenvalue weighted by molar-refractivity contribution is 8.00. The maximum absolute atomic E-state index is 10.9. The third kappa shape index (κ3) is 1.89. The lowest BCUT2D eigenvalue weighted by Crippen LogP contribution is -2.40. The molecule has 2 atom stereocenters. The van der Waals surface area contributed by atoms with Crippen molar-refractivity contribution in [3.05, 3.63) is 0 Å². The van der Waals surface area contributed by atoms with Gasteiger partial charge in [0.15, 0.2) is 5.37 Å². The number of carbonyl (C=O) groups is 2. The number of nitrogens with one attached hydrogen (secondary N) is 1. The Balaban J connectivity index is 2.45. The molecule has 1 rings (SSSR count). The van der Waals surface area contributed by atoms with E-state index in [0.29, 0.717) is 5.75 Å². The first-order valence-corrected chi connectivity index (χ1v) is 4.38. The van der Waals surface area contributed by atoms with Gasteiger partial charge < -0.3 is 9.84 Å². The summed E-state index contributed by atoms with van der Waals surface area (Å²) in [6, 6.07) is -0.640. The summed E-state index contributed by atoms with van der Waals surface area (Å²) in [5, 5.41) is 10.7. The topological polar surface area (TPSA) is 75.6 Å². The van der Waals surface area contributed by atoms with Gasteiger partial charge in [-0.3, -0.25) is 10.1 Å². The highest BCUT2D eigenvalue weighted by atomic mass is 32.2. The molecule has 1 aliphatic heterocycles. The first-order valence-electron chi connectivity index (χ1n) is 3.33. The Bertz CT molecular complexity index is 208. The van der Waals surface area contributed by atoms with Gasteiger partial charge in [0, 0.05) is 5.75 Å². The fraction of sp³-hybridized carbons (Fsp3) is 0.667. The molecule has 68 valence electrons. The summed E-state index contributed by atoms with van der Waals surface area (Å²) in [6.45, 7) is 0. The van der Waals surface area contributed by atoms with E-state index in [1.54, 1.807) is 0 Å². The summed E-state index contributed by atoms with van der Waals surface area (Å²) in [5.74, 6) is -0.965. The number of carboxylic acids is 1. The molecule has 2 N–H and O–H groups in total. The molecule has 12 heavy (non-hydrogen) atoms. The Hall–Kier alpha value is -0.750. The molecule has 0 radical (unpaired) electrons. The van der Waals surface area contributed by atoms with E-state index in [4.69, 9.17) is 5.11 Å². The van der Waals surface area contributed by atoms with Crippen LogP contribution in [0, 0.1) is 0 Å². The van der Waals surface area contributed by atoms with Crippen molar-refractivity contribution >= 4 is 23.7 Å². The molecule has 0 aliphatic carbocycles. The van der Waals surface area contributed by atoms with Gasteiger partial charge in [-0.15, -0.1) is 11.8 Å². The Morgan fingerprint density at radius 3 is 2.75 bits per heavy atom. The number of methoxy groups -OCH3 is 1. The number of carbonyl (C=O) groups excluding carboxylic acids is 1. The zero-order chi connectivity index (χ0) is 9.14. The molecule has 0 aromatic heterocycles. The van der Waals surface area contributed by atoms with Gasteiger partial charge in [-0.25, -0.2) is 4.79 Å². The number of hydrogen-bond donors (Lipinski definition) is 2. The van der Waals surface area contributed by atoms with Crippen LogP contribution in [0.3, 0.4) is 0 Å². The van der Waals surface area contributed by atoms with Gasteiger partial charge in [0.1, 0.15) is 6.04 Å². The van der Waals surface area contributed by atoms with E-state index >= 15 is 0 Å². The fourth-order valence-corrected chi connectivity index (χ4v) is 1.97. The predicted octanol–water partition coefficient (Wildman–Crippen LogP) is -0.725. The lowest BCUT2D eigenvalue weighted by atomic mass is 10.3. The second kappa shape index (κ2) is 3.77. The number of hydrogen-bond acceptors (Lipinski definition) is 5. The molecule has 0 spiro atoms. The quantitative estimate of drug-likeness (QED) is 0.561. The van der Waals surface area contributed by atoms with Crippen LogP contribution in [0.1, 0.15) is 0 Å². The first kappa shape index (κ1) is 9.34. The summed E-state index contributed by atoms with van der Waals surface area (Å²) in [5.41, 5.74) is 0. The molecular formula is C6H9NO4S. The molecule has 0 bridgehead atoms. The largest absolute Gasteiger partial charge is 0.480 e. The second-order valence-corrected chi connectivity index (χ2v) is 3.43. The summed E-state index contributed by atoms with van der Waals surface area (Å²) in [7, 11) is 1.28. The minimum absolute atomic E-state index is 0.398. The van der Waals surface area contributed by atoms with E-state index in [2.05, 4.69) is 10.1 Å². The van der Waals surface area contributed by atoms with Crippen LogP contribution in [0.25, 0.3) is 0 Å². The Kier molecular flexibility index (Phi) is 2.93. The van der Waals surface area contributed by atoms with Crippen molar-refractivity contribution in [3.63, 3.8) is 0 Å². The third-order valence-electron chi connectivity index (χ3n) is 1.50. The molecular weight excluding hydrogens is 182 g/mol. The summed E-state index contributed by atoms with van der Waals surface area (Å²) >= 11 is 1.24. The standard InChI is InChI=1S/C6H9NO4S/c1-11-6(10)4-7-3(2-12-4)5(8)9/h3-4,7H,2H2,1H3,(H,8,9). The van der Waals surface area contributed by atoms with Gasteiger partial charge in [0.25, 0.3) is 0 Å². The average Bonchev–Trinajstić information content (AvgIpc) is 2.51. The molecule has 1 aliphatic rings. The van der Waals surface area contributed by atoms with Gasteiger partial charge in [-0.2, -0.15) is 0 Å². The van der Waals surface area contributed by atoms with Crippen molar-refractivity contribution in [1.82, 2.24) is 5.32 Å². The normalized spacial score (nSPS) is 28.4. The first-order chi connectivity index (χ1) is 5.65. The van der Waals surface area contributed by atoms with E-state index in [0.717, 1.165) is 0 Å². The van der Waals surface area contributed by atoms with E-state index in [9.17, 15) is 9.59 Å². The Morgan fingerprint density at radius 2 is 2.33 bits per heavy atom. The van der Waals surface area contributed by atoms with Crippen LogP contribution in [-0.2, 0) is 14.3 Å². The number of ether oxygens (including phenoxy) is 1. The molecule has 0 amide bonds. The molecule has 0 aromatic rings. The van der Waals surface area contributed by atoms with E-state index in [-0.39, 0.29) is 0 Å². The van der Waals surface area contributed by atoms with Crippen molar-refractivity contribution in [2.75, 3.05) is 12.9 Å². The van der Waals surface area contributed by atoms with Crippen molar-refractivity contribution in [2.24, 2.45) is 0 Å². The van der Waals surface area contributed by atoms with Crippen LogP contribution in [0.15, 0.2) is 0 Å². The van der Waals surface area contributed by atoms with Crippen LogP contribution in [0.2, 0.25) is 0 Å². The Morgan fingerprint density at radius 1 is 1.67 bits per heavy atom. The molecule has 5 nitrogen and oxygen atoms in total. The number of aliphatic carboxylic acids is 1. The lowest BCUT2D eigenvalue weighted by Gasteiger charge is -2.07. The van der Waals surface area contributed by atoms with Crippen LogP contribution >= 0.6 is 11.8 Å². The highest BCUT2D eigenvalue weighted by Crippen LogP contribution is 2.19. The molecule has 0 aromatic carbocycles. The average molecular weight is 191 g/mol. The molecule has 6 heteroatoms. The number of thioether (sulfide) groups is 1. The molecule has 1 saturated heterocycles. The summed E-state index contributed by atoms with van der Waals surface area (Å²) in [4.78, 5) is 21.3. The number of carboxylic acid groups (broad SMARTS) is 1. The Labute approximate surface area is 73.5 Å². The van der Waals surface area contributed by atoms with Gasteiger partial charge in [-0.05, 0) is 0 Å². The van der Waals surface area contributed by atoms with E-state index in [1.807, 2.05) is 0 Å². The van der Waals surface area contributed by atoms with Crippen LogP contribution in [0.5, 0.6) is 0 Å². The van der Waals surface area contributed by atoms with Crippen LogP contribution in [0.4, 0.5) is 0 Å². The van der Waals surface area contributed by atoms with Gasteiger partial charge >= 0.3 is 11.9 Å². The maximum atomic E-state index is 10.9. The van der Waals surface area contributed by atoms with Crippen LogP contribution in [-0.4, -0.2) is 41.3 Å². The second-order valence-electron chi connectivity index (χ2n) is 2.29. The van der Waals surface area contributed by atoms with Crippen molar-refractivity contribution in [3.8, 4) is 0 Å². The predicted molar refractivity (Wildman–Crippen MR) is 42.8 cm³/mol. The minimum atomic E-state index is -0.936. The third-order valence-corrected chi connectivity index (χ3v) is 2.68. The fourth-order valence-electron chi connectivity index (χ4n) is 0.857. The van der Waals surface area contributed by atoms with E-state index < -0.39 is 23.4 Å². The minimum Gasteiger partial charge on any atom is -0.480 e. The lowest BCUT2D eigenvalue weighted by molar-refractivity contribution is -0.141. The van der Waals surface area contributed by atoms with Gasteiger partial charge in [0.05, 0.1) is 7.11 Å². The number of esters is 1. The smallest absolute Gasteiger partial charge is 0.333 e. The molecule has 1 heterocycles.